The van der Waals surface area contributed by atoms with E-state index in [4.69, 9.17) is 10.00 Å². The first-order valence-electron chi connectivity index (χ1n) is 4.92. The van der Waals surface area contributed by atoms with Gasteiger partial charge in [-0.3, -0.25) is 0 Å². The van der Waals surface area contributed by atoms with Crippen molar-refractivity contribution in [1.29, 1.82) is 5.26 Å². The second-order valence-corrected chi connectivity index (χ2v) is 4.38. The van der Waals surface area contributed by atoms with Crippen LogP contribution in [0.1, 0.15) is 5.56 Å². The predicted molar refractivity (Wildman–Crippen MR) is 65.3 cm³/mol. The summed E-state index contributed by atoms with van der Waals surface area (Å²) in [5.41, 5.74) is 0.405. The van der Waals surface area contributed by atoms with Gasteiger partial charge in [-0.15, -0.1) is 0 Å². The maximum atomic E-state index is 13.0. The first-order valence-corrected chi connectivity index (χ1v) is 5.71. The Morgan fingerprint density at radius 1 is 1.00 bits per heavy atom. The second-order valence-electron chi connectivity index (χ2n) is 3.47. The fourth-order valence-corrected chi connectivity index (χ4v) is 1.83. The summed E-state index contributed by atoms with van der Waals surface area (Å²) in [5, 5.41) is 8.80. The van der Waals surface area contributed by atoms with Crippen LogP contribution in [0.5, 0.6) is 11.5 Å². The van der Waals surface area contributed by atoms with Crippen LogP contribution >= 0.6 is 15.9 Å². The number of rotatable bonds is 2. The van der Waals surface area contributed by atoms with Gasteiger partial charge in [-0.2, -0.15) is 5.26 Å². The third kappa shape index (κ3) is 2.84. The van der Waals surface area contributed by atoms with E-state index in [-0.39, 0.29) is 5.75 Å². The molecule has 0 spiro atoms. The fourth-order valence-electron chi connectivity index (χ4n) is 1.36. The van der Waals surface area contributed by atoms with Crippen LogP contribution < -0.4 is 4.74 Å². The largest absolute Gasteiger partial charge is 0.457 e. The van der Waals surface area contributed by atoms with E-state index in [2.05, 4.69) is 15.9 Å². The van der Waals surface area contributed by atoms with Gasteiger partial charge in [0.1, 0.15) is 11.5 Å². The van der Waals surface area contributed by atoms with Gasteiger partial charge in [0.15, 0.2) is 11.6 Å². The van der Waals surface area contributed by atoms with E-state index in [1.165, 1.54) is 12.1 Å². The molecule has 0 fully saturated rings. The molecule has 18 heavy (non-hydrogen) atoms. The molecule has 0 aliphatic heterocycles. The summed E-state index contributed by atoms with van der Waals surface area (Å²) in [6.07, 6.45) is 0. The molecule has 0 saturated carbocycles. The molecule has 0 heterocycles. The summed E-state index contributed by atoms with van der Waals surface area (Å²) in [7, 11) is 0. The molecular formula is C13H6BrF2NO. The van der Waals surface area contributed by atoms with E-state index in [1.54, 1.807) is 12.1 Å². The first-order chi connectivity index (χ1) is 8.58. The van der Waals surface area contributed by atoms with Crippen LogP contribution in [0, 0.1) is 23.0 Å². The minimum absolute atomic E-state index is 0.163. The molecular weight excluding hydrogens is 304 g/mol. The monoisotopic (exact) mass is 309 g/mol. The Hall–Kier alpha value is -1.93. The molecule has 2 rings (SSSR count). The van der Waals surface area contributed by atoms with E-state index in [1.807, 2.05) is 6.07 Å². The first kappa shape index (κ1) is 12.5. The average Bonchev–Trinajstić information content (AvgIpc) is 2.33. The summed E-state index contributed by atoms with van der Waals surface area (Å²) < 4.78 is 31.7. The van der Waals surface area contributed by atoms with Gasteiger partial charge < -0.3 is 4.74 Å². The number of hydrogen-bond donors (Lipinski definition) is 0. The number of nitrogens with zero attached hydrogens (tertiary/aromatic N) is 1. The van der Waals surface area contributed by atoms with Gasteiger partial charge in [0.25, 0.3) is 0 Å². The van der Waals surface area contributed by atoms with Crippen molar-refractivity contribution in [2.45, 2.75) is 0 Å². The van der Waals surface area contributed by atoms with Crippen molar-refractivity contribution in [3.63, 3.8) is 0 Å². The Morgan fingerprint density at radius 2 is 1.78 bits per heavy atom. The number of ether oxygens (including phenoxy) is 1. The minimum Gasteiger partial charge on any atom is -0.457 e. The van der Waals surface area contributed by atoms with Crippen molar-refractivity contribution in [2.24, 2.45) is 0 Å². The molecule has 0 N–H and O–H groups in total. The highest BCUT2D eigenvalue weighted by Crippen LogP contribution is 2.27. The van der Waals surface area contributed by atoms with Crippen LogP contribution in [-0.4, -0.2) is 0 Å². The minimum atomic E-state index is -0.983. The van der Waals surface area contributed by atoms with Crippen molar-refractivity contribution >= 4 is 15.9 Å². The molecule has 90 valence electrons. The van der Waals surface area contributed by atoms with E-state index in [9.17, 15) is 8.78 Å². The van der Waals surface area contributed by atoms with Gasteiger partial charge in [0, 0.05) is 10.5 Å². The molecule has 0 radical (unpaired) electrons. The van der Waals surface area contributed by atoms with Crippen molar-refractivity contribution in [2.75, 3.05) is 0 Å². The number of benzene rings is 2. The van der Waals surface area contributed by atoms with Crippen LogP contribution in [0.3, 0.4) is 0 Å². The summed E-state index contributed by atoms with van der Waals surface area (Å²) >= 11 is 3.23. The molecule has 0 aliphatic rings. The quantitative estimate of drug-likeness (QED) is 0.824. The maximum Gasteiger partial charge on any atom is 0.162 e. The summed E-state index contributed by atoms with van der Waals surface area (Å²) in [5.74, 6) is -1.39. The maximum absolute atomic E-state index is 13.0. The standard InChI is InChI=1S/C13H6BrF2NO/c14-9-3-8(7-17)4-11(5-9)18-10-1-2-12(15)13(16)6-10/h1-6H. The van der Waals surface area contributed by atoms with Gasteiger partial charge >= 0.3 is 0 Å². The normalized spacial score (nSPS) is 9.89. The third-order valence-electron chi connectivity index (χ3n) is 2.13. The molecule has 2 aromatic rings. The molecule has 0 unspecified atom stereocenters. The highest BCUT2D eigenvalue weighted by molar-refractivity contribution is 9.10. The summed E-state index contributed by atoms with van der Waals surface area (Å²) in [4.78, 5) is 0. The smallest absolute Gasteiger partial charge is 0.162 e. The van der Waals surface area contributed by atoms with E-state index < -0.39 is 11.6 Å². The predicted octanol–water partition coefficient (Wildman–Crippen LogP) is 4.39. The van der Waals surface area contributed by atoms with Gasteiger partial charge in [0.2, 0.25) is 0 Å². The molecule has 0 aliphatic carbocycles. The number of halogens is 3. The van der Waals surface area contributed by atoms with Crippen LogP contribution in [-0.2, 0) is 0 Å². The highest BCUT2D eigenvalue weighted by atomic mass is 79.9. The second kappa shape index (κ2) is 5.15. The Balaban J connectivity index is 2.31. The van der Waals surface area contributed by atoms with Crippen LogP contribution in [0.4, 0.5) is 8.78 Å². The van der Waals surface area contributed by atoms with Gasteiger partial charge in [0.05, 0.1) is 11.6 Å². The number of nitriles is 1. The highest BCUT2D eigenvalue weighted by Gasteiger charge is 2.06. The van der Waals surface area contributed by atoms with Crippen molar-refractivity contribution in [3.8, 4) is 17.6 Å². The molecule has 2 aromatic carbocycles. The fraction of sp³-hybridized carbons (Fsp3) is 0. The molecule has 0 saturated heterocycles. The molecule has 0 amide bonds. The lowest BCUT2D eigenvalue weighted by Crippen LogP contribution is -1.89. The van der Waals surface area contributed by atoms with Crippen LogP contribution in [0.15, 0.2) is 40.9 Å². The molecule has 2 nitrogen and oxygen atoms in total. The van der Waals surface area contributed by atoms with E-state index in [0.29, 0.717) is 15.8 Å². The molecule has 0 bridgehead atoms. The molecule has 0 atom stereocenters. The van der Waals surface area contributed by atoms with Crippen molar-refractivity contribution in [3.05, 3.63) is 58.1 Å². The topological polar surface area (TPSA) is 33.0 Å². The van der Waals surface area contributed by atoms with E-state index >= 15 is 0 Å². The SMILES string of the molecule is N#Cc1cc(Br)cc(Oc2ccc(F)c(F)c2)c1. The summed E-state index contributed by atoms with van der Waals surface area (Å²) in [6.45, 7) is 0. The van der Waals surface area contributed by atoms with Gasteiger partial charge in [-0.25, -0.2) is 8.78 Å². The van der Waals surface area contributed by atoms with Crippen molar-refractivity contribution < 1.29 is 13.5 Å². The lowest BCUT2D eigenvalue weighted by molar-refractivity contribution is 0.461. The average molecular weight is 310 g/mol. The zero-order chi connectivity index (χ0) is 13.1. The van der Waals surface area contributed by atoms with E-state index in [0.717, 1.165) is 12.1 Å². The zero-order valence-electron chi connectivity index (χ0n) is 8.95. The van der Waals surface area contributed by atoms with Crippen LogP contribution in [0.2, 0.25) is 0 Å². The van der Waals surface area contributed by atoms with Gasteiger partial charge in [-0.05, 0) is 30.3 Å². The Morgan fingerprint density at radius 3 is 2.44 bits per heavy atom. The molecule has 5 heteroatoms. The Bertz CT molecular complexity index is 637. The number of hydrogen-bond acceptors (Lipinski definition) is 2. The van der Waals surface area contributed by atoms with Crippen LogP contribution in [0.25, 0.3) is 0 Å². The summed E-state index contributed by atoms with van der Waals surface area (Å²) in [6, 6.07) is 9.96. The third-order valence-corrected chi connectivity index (χ3v) is 2.59. The lowest BCUT2D eigenvalue weighted by atomic mass is 10.2. The molecule has 0 aromatic heterocycles. The Kier molecular flexibility index (Phi) is 3.58. The lowest BCUT2D eigenvalue weighted by Gasteiger charge is -2.06. The van der Waals surface area contributed by atoms with Gasteiger partial charge in [-0.1, -0.05) is 15.9 Å². The zero-order valence-corrected chi connectivity index (χ0v) is 10.5. The van der Waals surface area contributed by atoms with Crippen molar-refractivity contribution in [1.82, 2.24) is 0 Å². The Labute approximate surface area is 111 Å².